The predicted octanol–water partition coefficient (Wildman–Crippen LogP) is 2.17. The molecule has 2 bridgehead atoms. The van der Waals surface area contributed by atoms with E-state index in [-0.39, 0.29) is 25.9 Å². The van der Waals surface area contributed by atoms with Crippen LogP contribution >= 0.6 is 0 Å². The number of hydrogen-bond donors (Lipinski definition) is 2. The molecule has 2 saturated heterocycles. The molecule has 0 aromatic carbocycles. The number of hydrogen-bond acceptors (Lipinski definition) is 10. The maximum atomic E-state index is 13.0. The van der Waals surface area contributed by atoms with Crippen molar-refractivity contribution in [3.05, 3.63) is 36.5 Å². The number of aliphatic hydroxyl groups is 2. The fraction of sp³-hybridized carbons (Fsp3) is 0.690. The van der Waals surface area contributed by atoms with Crippen LogP contribution in [0.4, 0.5) is 0 Å². The summed E-state index contributed by atoms with van der Waals surface area (Å²) in [5.41, 5.74) is -1.41. The zero-order chi connectivity index (χ0) is 28.4. The summed E-state index contributed by atoms with van der Waals surface area (Å²) in [4.78, 5) is 36.8. The Kier molecular flexibility index (Phi) is 8.70. The van der Waals surface area contributed by atoms with Gasteiger partial charge in [-0.05, 0) is 44.1 Å². The molecule has 4 aliphatic rings. The van der Waals surface area contributed by atoms with Crippen molar-refractivity contribution in [2.45, 2.75) is 82.9 Å². The first kappa shape index (κ1) is 29.5. The summed E-state index contributed by atoms with van der Waals surface area (Å²) in [7, 11) is 0. The fourth-order valence-electron chi connectivity index (χ4n) is 6.81. The number of fused-ring (bicyclic) bond motifs is 2. The van der Waals surface area contributed by atoms with Gasteiger partial charge in [0.05, 0.1) is 37.4 Å². The second-order valence-electron chi connectivity index (χ2n) is 11.3. The Hall–Kier alpha value is -2.53. The van der Waals surface area contributed by atoms with Crippen LogP contribution in [0.1, 0.15) is 52.9 Å². The Morgan fingerprint density at radius 3 is 2.67 bits per heavy atom. The molecule has 0 amide bonds. The third-order valence-corrected chi connectivity index (χ3v) is 9.33. The third kappa shape index (κ3) is 5.08. The standard InChI is InChI=1S/C29H40O10/c1-5-8-24(32)35-12-7-9-18(3)25(33)26(34)36-16-28-11-10-19(15-30)13-21(28)38-22-14-20(39-23(31)6-2)27(28,4)29(22)17-37-29/h5-6,8,13,18,20-22,25,30,33H,2,7,9-12,14-17H2,1,3-4H3/b8-5-. The molecule has 10 nitrogen and oxygen atoms in total. The van der Waals surface area contributed by atoms with Gasteiger partial charge in [0.2, 0.25) is 0 Å². The van der Waals surface area contributed by atoms with E-state index in [1.54, 1.807) is 19.9 Å². The van der Waals surface area contributed by atoms with Crippen LogP contribution in [0.5, 0.6) is 0 Å². The number of rotatable bonds is 12. The molecule has 0 aromatic rings. The first-order chi connectivity index (χ1) is 18.6. The van der Waals surface area contributed by atoms with Gasteiger partial charge in [-0.1, -0.05) is 32.6 Å². The molecule has 8 atom stereocenters. The van der Waals surface area contributed by atoms with Gasteiger partial charge in [0.25, 0.3) is 0 Å². The maximum absolute atomic E-state index is 13.0. The van der Waals surface area contributed by atoms with E-state index in [0.717, 1.165) is 11.6 Å². The van der Waals surface area contributed by atoms with E-state index in [9.17, 15) is 24.6 Å². The van der Waals surface area contributed by atoms with Gasteiger partial charge in [0, 0.05) is 24.0 Å². The number of carbonyl (C=O) groups excluding carboxylic acids is 3. The van der Waals surface area contributed by atoms with Crippen LogP contribution in [-0.2, 0) is 38.1 Å². The van der Waals surface area contributed by atoms with Crippen molar-refractivity contribution in [2.24, 2.45) is 16.7 Å². The lowest BCUT2D eigenvalue weighted by Gasteiger charge is -2.58. The monoisotopic (exact) mass is 548 g/mol. The molecule has 1 spiro atoms. The molecule has 0 aromatic heterocycles. The summed E-state index contributed by atoms with van der Waals surface area (Å²) in [6.45, 7) is 9.43. The zero-order valence-electron chi connectivity index (χ0n) is 22.9. The Bertz CT molecular complexity index is 1030. The molecule has 216 valence electrons. The Labute approximate surface area is 229 Å². The number of aliphatic hydroxyl groups excluding tert-OH is 2. The van der Waals surface area contributed by atoms with Crippen molar-refractivity contribution in [2.75, 3.05) is 26.4 Å². The van der Waals surface area contributed by atoms with E-state index < -0.39 is 58.6 Å². The maximum Gasteiger partial charge on any atom is 0.335 e. The predicted molar refractivity (Wildman–Crippen MR) is 138 cm³/mol. The summed E-state index contributed by atoms with van der Waals surface area (Å²) in [5, 5.41) is 20.5. The Morgan fingerprint density at radius 2 is 2.03 bits per heavy atom. The minimum Gasteiger partial charge on any atom is -0.463 e. The molecule has 3 fully saturated rings. The van der Waals surface area contributed by atoms with Crippen LogP contribution in [0.2, 0.25) is 0 Å². The third-order valence-electron chi connectivity index (χ3n) is 9.33. The van der Waals surface area contributed by atoms with E-state index in [0.29, 0.717) is 38.7 Å². The number of epoxide rings is 1. The average molecular weight is 549 g/mol. The normalized spacial score (nSPS) is 36.0. The summed E-state index contributed by atoms with van der Waals surface area (Å²) in [6.07, 6.45) is 5.63. The lowest BCUT2D eigenvalue weighted by Crippen LogP contribution is -2.67. The Balaban J connectivity index is 1.49. The smallest absolute Gasteiger partial charge is 0.335 e. The molecule has 2 N–H and O–H groups in total. The van der Waals surface area contributed by atoms with Crippen LogP contribution in [0, 0.1) is 16.7 Å². The highest BCUT2D eigenvalue weighted by molar-refractivity contribution is 5.82. The molecule has 8 unspecified atom stereocenters. The van der Waals surface area contributed by atoms with Crippen molar-refractivity contribution in [1.29, 1.82) is 0 Å². The first-order valence-electron chi connectivity index (χ1n) is 13.7. The van der Waals surface area contributed by atoms with Crippen molar-refractivity contribution < 1.29 is 48.3 Å². The molecule has 2 aliphatic heterocycles. The highest BCUT2D eigenvalue weighted by atomic mass is 16.6. The van der Waals surface area contributed by atoms with Gasteiger partial charge in [0.15, 0.2) is 6.10 Å². The van der Waals surface area contributed by atoms with E-state index in [4.69, 9.17) is 23.7 Å². The van der Waals surface area contributed by atoms with Crippen molar-refractivity contribution in [1.82, 2.24) is 0 Å². The summed E-state index contributed by atoms with van der Waals surface area (Å²) in [6, 6.07) is 0. The van der Waals surface area contributed by atoms with Crippen LogP contribution in [-0.4, -0.2) is 84.6 Å². The largest absolute Gasteiger partial charge is 0.463 e. The van der Waals surface area contributed by atoms with Gasteiger partial charge < -0.3 is 33.9 Å². The molecule has 2 heterocycles. The van der Waals surface area contributed by atoms with Crippen molar-refractivity contribution >= 4 is 17.9 Å². The van der Waals surface area contributed by atoms with E-state index in [1.165, 1.54) is 6.08 Å². The number of allylic oxidation sites excluding steroid dienone is 1. The van der Waals surface area contributed by atoms with Gasteiger partial charge >= 0.3 is 17.9 Å². The molecular formula is C29H40O10. The Morgan fingerprint density at radius 1 is 1.28 bits per heavy atom. The molecule has 1 saturated carbocycles. The van der Waals surface area contributed by atoms with Gasteiger partial charge in [0.1, 0.15) is 18.3 Å². The first-order valence-corrected chi connectivity index (χ1v) is 13.7. The SMILES string of the molecule is C=CC(=O)OC1CC2OC3C=C(CO)CCC3(COC(=O)C(O)C(C)CCCOC(=O)/C=C\C)C1(C)C21CO1. The van der Waals surface area contributed by atoms with Crippen LogP contribution in [0.15, 0.2) is 36.5 Å². The second kappa shape index (κ2) is 11.5. The minimum absolute atomic E-state index is 0.0765. The topological polar surface area (TPSA) is 141 Å². The van der Waals surface area contributed by atoms with Crippen LogP contribution in [0.25, 0.3) is 0 Å². The van der Waals surface area contributed by atoms with E-state index in [1.807, 2.05) is 13.0 Å². The zero-order valence-corrected chi connectivity index (χ0v) is 22.9. The van der Waals surface area contributed by atoms with E-state index >= 15 is 0 Å². The van der Waals surface area contributed by atoms with Crippen LogP contribution < -0.4 is 0 Å². The fourth-order valence-corrected chi connectivity index (χ4v) is 6.81. The highest BCUT2D eigenvalue weighted by Crippen LogP contribution is 2.72. The second-order valence-corrected chi connectivity index (χ2v) is 11.3. The lowest BCUT2D eigenvalue weighted by molar-refractivity contribution is -0.235. The average Bonchev–Trinajstić information content (AvgIpc) is 3.71. The molecular weight excluding hydrogens is 508 g/mol. The van der Waals surface area contributed by atoms with E-state index in [2.05, 4.69) is 6.58 Å². The molecule has 0 radical (unpaired) electrons. The summed E-state index contributed by atoms with van der Waals surface area (Å²) in [5.74, 6) is -2.16. The van der Waals surface area contributed by atoms with Crippen molar-refractivity contribution in [3.63, 3.8) is 0 Å². The van der Waals surface area contributed by atoms with Gasteiger partial charge in [-0.2, -0.15) is 0 Å². The summed E-state index contributed by atoms with van der Waals surface area (Å²) < 4.78 is 29.3. The molecule has 39 heavy (non-hydrogen) atoms. The molecule has 10 heteroatoms. The quantitative estimate of drug-likeness (QED) is 0.0931. The van der Waals surface area contributed by atoms with Crippen molar-refractivity contribution in [3.8, 4) is 0 Å². The highest BCUT2D eigenvalue weighted by Gasteiger charge is 2.83. The van der Waals surface area contributed by atoms with Gasteiger partial charge in [-0.25, -0.2) is 14.4 Å². The van der Waals surface area contributed by atoms with Crippen LogP contribution in [0.3, 0.4) is 0 Å². The summed E-state index contributed by atoms with van der Waals surface area (Å²) >= 11 is 0. The van der Waals surface area contributed by atoms with Gasteiger partial charge in [-0.15, -0.1) is 0 Å². The lowest BCUT2D eigenvalue weighted by atomic mass is 9.51. The number of carbonyl (C=O) groups is 3. The molecule has 4 rings (SSSR count). The number of ether oxygens (including phenoxy) is 5. The molecule has 2 aliphatic carbocycles. The minimum atomic E-state index is -1.37. The van der Waals surface area contributed by atoms with Gasteiger partial charge in [-0.3, -0.25) is 0 Å². The number of esters is 3.